The van der Waals surface area contributed by atoms with Gasteiger partial charge in [-0.05, 0) is 75.0 Å². The fourth-order valence-electron chi connectivity index (χ4n) is 5.76. The Morgan fingerprint density at radius 1 is 0.875 bits per heavy atom. The van der Waals surface area contributed by atoms with Gasteiger partial charge in [-0.15, -0.1) is 0 Å². The summed E-state index contributed by atoms with van der Waals surface area (Å²) in [4.78, 5) is 0. The van der Waals surface area contributed by atoms with Crippen LogP contribution in [-0.2, 0) is 14.6 Å². The van der Waals surface area contributed by atoms with E-state index in [1.54, 1.807) is 0 Å². The fraction of sp³-hybridized carbons (Fsp3) is 1.00. The van der Waals surface area contributed by atoms with Crippen LogP contribution in [0.25, 0.3) is 0 Å². The lowest BCUT2D eigenvalue weighted by molar-refractivity contribution is 0.173. The number of hydrogen-bond donors (Lipinski definition) is 1. The number of piperidine rings is 1. The highest BCUT2D eigenvalue weighted by Gasteiger charge is 2.49. The number of nitrogens with one attached hydrogen (secondary N) is 1. The molecule has 0 spiro atoms. The van der Waals surface area contributed by atoms with Gasteiger partial charge in [0.25, 0.3) is 0 Å². The zero-order valence-corrected chi connectivity index (χ0v) is 15.8. The number of hydrogen-bond acceptors (Lipinski definition) is 4. The van der Waals surface area contributed by atoms with Gasteiger partial charge in [0, 0.05) is 31.6 Å². The predicted molar refractivity (Wildman–Crippen MR) is 95.7 cm³/mol. The summed E-state index contributed by atoms with van der Waals surface area (Å²) in [6, 6.07) is 1.34. The summed E-state index contributed by atoms with van der Waals surface area (Å²) in [5, 5.41) is 3.92. The third-order valence-corrected chi connectivity index (χ3v) is 9.01. The molecule has 0 amide bonds. The van der Waals surface area contributed by atoms with E-state index in [1.807, 2.05) is 0 Å². The monoisotopic (exact) mass is 355 g/mol. The van der Waals surface area contributed by atoms with Gasteiger partial charge in [0.15, 0.2) is 0 Å². The minimum atomic E-state index is -2.84. The number of ether oxygens (including phenoxy) is 1. The maximum atomic E-state index is 11.8. The average molecular weight is 356 g/mol. The Bertz CT molecular complexity index is 535. The van der Waals surface area contributed by atoms with Gasteiger partial charge in [0.2, 0.25) is 0 Å². The van der Waals surface area contributed by atoms with E-state index in [4.69, 9.17) is 4.74 Å². The molecule has 2 aliphatic heterocycles. The van der Waals surface area contributed by atoms with E-state index in [0.29, 0.717) is 18.0 Å². The molecule has 5 unspecified atom stereocenters. The molecule has 1 N–H and O–H groups in total. The lowest BCUT2D eigenvalue weighted by Gasteiger charge is -2.39. The molecule has 24 heavy (non-hydrogen) atoms. The predicted octanol–water partition coefficient (Wildman–Crippen LogP) is 2.77. The third-order valence-electron chi connectivity index (χ3n) is 7.33. The highest BCUT2D eigenvalue weighted by molar-refractivity contribution is 7.91. The third kappa shape index (κ3) is 3.68. The molecule has 4 fully saturated rings. The van der Waals surface area contributed by atoms with Gasteiger partial charge in [0.1, 0.15) is 9.84 Å². The zero-order valence-electron chi connectivity index (χ0n) is 15.0. The second-order valence-electron chi connectivity index (χ2n) is 8.86. The van der Waals surface area contributed by atoms with E-state index in [0.717, 1.165) is 56.7 Å². The van der Waals surface area contributed by atoms with Crippen LogP contribution in [0.3, 0.4) is 0 Å². The highest BCUT2D eigenvalue weighted by Crippen LogP contribution is 2.51. The largest absolute Gasteiger partial charge is 0.381 e. The Morgan fingerprint density at radius 3 is 2.29 bits per heavy atom. The first-order valence-corrected chi connectivity index (χ1v) is 12.0. The standard InChI is InChI=1S/C19H33NO3S/c1-24(21,22)15-7-5-13(6-8-15)18-3-2-4-19(20-18)17-11-16(17)14-9-10-23-12-14/h13-20H,2-12H2,1H3. The molecular formula is C19H33NO3S. The molecule has 4 aliphatic rings. The Morgan fingerprint density at radius 2 is 1.62 bits per heavy atom. The van der Waals surface area contributed by atoms with Crippen molar-refractivity contribution in [2.45, 2.75) is 75.1 Å². The number of sulfone groups is 1. The molecule has 0 bridgehead atoms. The van der Waals surface area contributed by atoms with E-state index in [-0.39, 0.29) is 5.25 Å². The summed E-state index contributed by atoms with van der Waals surface area (Å²) in [5.74, 6) is 3.30. The summed E-state index contributed by atoms with van der Waals surface area (Å²) in [5.41, 5.74) is 0. The van der Waals surface area contributed by atoms with Crippen LogP contribution in [0.5, 0.6) is 0 Å². The van der Waals surface area contributed by atoms with Crippen LogP contribution < -0.4 is 5.32 Å². The van der Waals surface area contributed by atoms with Crippen molar-refractivity contribution in [1.82, 2.24) is 5.32 Å². The van der Waals surface area contributed by atoms with Gasteiger partial charge >= 0.3 is 0 Å². The molecule has 0 radical (unpaired) electrons. The van der Waals surface area contributed by atoms with E-state index < -0.39 is 9.84 Å². The molecule has 4 nitrogen and oxygen atoms in total. The zero-order chi connectivity index (χ0) is 16.7. The topological polar surface area (TPSA) is 55.4 Å². The average Bonchev–Trinajstić information content (AvgIpc) is 3.20. The van der Waals surface area contributed by atoms with Crippen LogP contribution in [0.15, 0.2) is 0 Å². The second kappa shape index (κ2) is 6.88. The van der Waals surface area contributed by atoms with E-state index in [1.165, 1.54) is 38.4 Å². The van der Waals surface area contributed by atoms with E-state index >= 15 is 0 Å². The first kappa shape index (κ1) is 17.3. The summed E-state index contributed by atoms with van der Waals surface area (Å²) < 4.78 is 29.1. The highest BCUT2D eigenvalue weighted by atomic mass is 32.2. The van der Waals surface area contributed by atoms with Crippen LogP contribution in [0.1, 0.15) is 57.8 Å². The van der Waals surface area contributed by atoms with Gasteiger partial charge in [-0.25, -0.2) is 8.42 Å². The molecule has 138 valence electrons. The smallest absolute Gasteiger partial charge is 0.150 e. The first-order chi connectivity index (χ1) is 11.5. The summed E-state index contributed by atoms with van der Waals surface area (Å²) in [6.45, 7) is 1.96. The van der Waals surface area contributed by atoms with Gasteiger partial charge in [-0.2, -0.15) is 0 Å². The van der Waals surface area contributed by atoms with Crippen LogP contribution >= 0.6 is 0 Å². The molecule has 2 saturated carbocycles. The Balaban J connectivity index is 1.28. The summed E-state index contributed by atoms with van der Waals surface area (Å²) >= 11 is 0. The van der Waals surface area contributed by atoms with Gasteiger partial charge in [-0.1, -0.05) is 6.42 Å². The molecular weight excluding hydrogens is 322 g/mol. The van der Waals surface area contributed by atoms with Crippen LogP contribution in [0.2, 0.25) is 0 Å². The normalized spacial score (nSPS) is 46.8. The Labute approximate surface area is 147 Å². The molecule has 5 atom stereocenters. The van der Waals surface area contributed by atoms with Crippen molar-refractivity contribution in [3.63, 3.8) is 0 Å². The van der Waals surface area contributed by atoms with Gasteiger partial charge in [-0.3, -0.25) is 0 Å². The lowest BCUT2D eigenvalue weighted by atomic mass is 9.79. The van der Waals surface area contributed by atoms with Crippen LogP contribution in [-0.4, -0.2) is 45.2 Å². The van der Waals surface area contributed by atoms with E-state index in [2.05, 4.69) is 5.32 Å². The Hall–Kier alpha value is -0.130. The number of rotatable bonds is 4. The summed E-state index contributed by atoms with van der Waals surface area (Å²) in [7, 11) is -2.84. The molecule has 5 heteroatoms. The van der Waals surface area contributed by atoms with Crippen molar-refractivity contribution in [2.75, 3.05) is 19.5 Å². The van der Waals surface area contributed by atoms with Gasteiger partial charge < -0.3 is 10.1 Å². The molecule has 0 aromatic carbocycles. The minimum absolute atomic E-state index is 0.0803. The van der Waals surface area contributed by atoms with Gasteiger partial charge in [0.05, 0.1) is 5.25 Å². The van der Waals surface area contributed by atoms with Crippen LogP contribution in [0.4, 0.5) is 0 Å². The van der Waals surface area contributed by atoms with E-state index in [9.17, 15) is 8.42 Å². The molecule has 2 heterocycles. The van der Waals surface area contributed by atoms with Crippen molar-refractivity contribution in [1.29, 1.82) is 0 Å². The van der Waals surface area contributed by atoms with Crippen molar-refractivity contribution in [3.8, 4) is 0 Å². The quantitative estimate of drug-likeness (QED) is 0.842. The van der Waals surface area contributed by atoms with Crippen LogP contribution in [0, 0.1) is 23.7 Å². The lowest BCUT2D eigenvalue weighted by Crippen LogP contribution is -2.49. The SMILES string of the molecule is CS(=O)(=O)C1CCC(C2CCCC(C3CC3C3CCOC3)N2)CC1. The summed E-state index contributed by atoms with van der Waals surface area (Å²) in [6.07, 6.45) is 12.0. The van der Waals surface area contributed by atoms with Crippen molar-refractivity contribution in [2.24, 2.45) is 23.7 Å². The molecule has 2 saturated heterocycles. The molecule has 4 rings (SSSR count). The molecule has 0 aromatic rings. The Kier molecular flexibility index (Phi) is 4.96. The maximum Gasteiger partial charge on any atom is 0.150 e. The molecule has 0 aromatic heterocycles. The minimum Gasteiger partial charge on any atom is -0.381 e. The van der Waals surface area contributed by atoms with Crippen molar-refractivity contribution < 1.29 is 13.2 Å². The molecule has 2 aliphatic carbocycles. The van der Waals surface area contributed by atoms with Crippen molar-refractivity contribution in [3.05, 3.63) is 0 Å². The second-order valence-corrected chi connectivity index (χ2v) is 11.2. The fourth-order valence-corrected chi connectivity index (χ4v) is 6.89. The van der Waals surface area contributed by atoms with Crippen molar-refractivity contribution >= 4 is 9.84 Å². The first-order valence-electron chi connectivity index (χ1n) is 10.0. The maximum absolute atomic E-state index is 11.8.